The largest absolute Gasteiger partial charge is 0.352 e. The number of allylic oxidation sites excluding steroid dienone is 5. The van der Waals surface area contributed by atoms with Gasteiger partial charge in [0.05, 0.1) is 11.2 Å². The number of nitrogens with one attached hydrogen (secondary N) is 2. The van der Waals surface area contributed by atoms with Crippen molar-refractivity contribution in [3.8, 4) is 0 Å². The average molecular weight is 394 g/mol. The number of aromatic nitrogens is 2. The van der Waals surface area contributed by atoms with Crippen molar-refractivity contribution in [2.75, 3.05) is 5.32 Å². The molecule has 0 bridgehead atoms. The molecule has 1 fully saturated rings. The molecule has 2 aromatic carbocycles. The summed E-state index contributed by atoms with van der Waals surface area (Å²) in [5, 5.41) is 12.6. The number of anilines is 1. The minimum Gasteiger partial charge on any atom is -0.352 e. The Kier molecular flexibility index (Phi) is 4.69. The van der Waals surface area contributed by atoms with Gasteiger partial charge in [0.1, 0.15) is 0 Å². The van der Waals surface area contributed by atoms with Crippen molar-refractivity contribution < 1.29 is 0 Å². The number of rotatable bonds is 6. The quantitative estimate of drug-likeness (QED) is 0.469. The van der Waals surface area contributed by atoms with Gasteiger partial charge in [-0.05, 0) is 47.9 Å². The maximum absolute atomic E-state index is 4.57. The molecular formula is C27H27N3. The lowest BCUT2D eigenvalue weighted by molar-refractivity contribution is 0.359. The standard InChI is InChI=1S/C27H27N3/c1-3-20(16-19-10-6-4-7-11-19)28-21-12-13-25-23(17-21)26(30-29-25)22-18-24(22)27(2)14-8-5-9-15-27/h4-14,17,22,24,28H,1,15-16,18H2,2H3,(H,29,30)/t22?,24?,27-/m1/s1. The molecule has 150 valence electrons. The van der Waals surface area contributed by atoms with Crippen LogP contribution in [0.15, 0.2) is 90.8 Å². The van der Waals surface area contributed by atoms with Crippen LogP contribution in [0.2, 0.25) is 0 Å². The molecule has 0 aliphatic heterocycles. The topological polar surface area (TPSA) is 40.7 Å². The van der Waals surface area contributed by atoms with Crippen LogP contribution in [0.3, 0.4) is 0 Å². The number of nitrogens with zero attached hydrogens (tertiary/aromatic N) is 1. The molecule has 3 nitrogen and oxygen atoms in total. The second kappa shape index (κ2) is 7.51. The molecule has 30 heavy (non-hydrogen) atoms. The molecule has 3 heteroatoms. The number of fused-ring (bicyclic) bond motifs is 1. The van der Waals surface area contributed by atoms with Crippen LogP contribution in [-0.4, -0.2) is 10.2 Å². The predicted molar refractivity (Wildman–Crippen MR) is 124 cm³/mol. The van der Waals surface area contributed by atoms with E-state index in [2.05, 4.69) is 102 Å². The lowest BCUT2D eigenvalue weighted by atomic mass is 9.78. The molecule has 1 heterocycles. The van der Waals surface area contributed by atoms with Gasteiger partial charge in [-0.1, -0.05) is 68.1 Å². The molecular weight excluding hydrogens is 366 g/mol. The Balaban J connectivity index is 1.37. The van der Waals surface area contributed by atoms with Crippen molar-refractivity contribution in [2.45, 2.75) is 32.1 Å². The van der Waals surface area contributed by atoms with Gasteiger partial charge in [-0.3, -0.25) is 5.10 Å². The van der Waals surface area contributed by atoms with E-state index in [1.54, 1.807) is 0 Å². The zero-order valence-electron chi connectivity index (χ0n) is 17.4. The molecule has 2 N–H and O–H groups in total. The summed E-state index contributed by atoms with van der Waals surface area (Å²) in [4.78, 5) is 0. The minimum absolute atomic E-state index is 0.251. The van der Waals surface area contributed by atoms with Gasteiger partial charge in [0.15, 0.2) is 0 Å². The Morgan fingerprint density at radius 3 is 2.87 bits per heavy atom. The average Bonchev–Trinajstić information content (AvgIpc) is 3.48. The first-order valence-electron chi connectivity index (χ1n) is 10.7. The maximum atomic E-state index is 4.57. The Hall–Kier alpha value is -3.29. The lowest BCUT2D eigenvalue weighted by Gasteiger charge is -2.27. The van der Waals surface area contributed by atoms with E-state index in [-0.39, 0.29) is 5.41 Å². The molecule has 3 aromatic rings. The third kappa shape index (κ3) is 3.53. The smallest absolute Gasteiger partial charge is 0.0925 e. The normalized spacial score (nSPS) is 24.6. The van der Waals surface area contributed by atoms with Crippen molar-refractivity contribution in [1.29, 1.82) is 0 Å². The van der Waals surface area contributed by atoms with Gasteiger partial charge in [-0.25, -0.2) is 0 Å². The zero-order valence-corrected chi connectivity index (χ0v) is 17.4. The van der Waals surface area contributed by atoms with Crippen LogP contribution in [0, 0.1) is 11.3 Å². The van der Waals surface area contributed by atoms with E-state index in [1.807, 2.05) is 6.07 Å². The van der Waals surface area contributed by atoms with Crippen LogP contribution in [0.1, 0.15) is 36.9 Å². The van der Waals surface area contributed by atoms with Gasteiger partial charge in [-0.15, -0.1) is 5.73 Å². The summed E-state index contributed by atoms with van der Waals surface area (Å²) in [5.41, 5.74) is 8.88. The third-order valence-electron chi connectivity index (χ3n) is 6.61. The van der Waals surface area contributed by atoms with Crippen LogP contribution in [0.4, 0.5) is 5.69 Å². The number of hydrogen-bond acceptors (Lipinski definition) is 2. The van der Waals surface area contributed by atoms with Crippen LogP contribution >= 0.6 is 0 Å². The van der Waals surface area contributed by atoms with E-state index in [9.17, 15) is 0 Å². The fraction of sp³-hybridized carbons (Fsp3) is 0.259. The summed E-state index contributed by atoms with van der Waals surface area (Å²) in [6, 6.07) is 16.8. The fourth-order valence-corrected chi connectivity index (χ4v) is 4.78. The first-order chi connectivity index (χ1) is 14.7. The number of H-pyrrole nitrogens is 1. The van der Waals surface area contributed by atoms with E-state index in [0.717, 1.165) is 29.7 Å². The van der Waals surface area contributed by atoms with E-state index >= 15 is 0 Å². The Bertz CT molecular complexity index is 1180. The monoisotopic (exact) mass is 393 g/mol. The molecule has 2 aliphatic carbocycles. The molecule has 0 spiro atoms. The van der Waals surface area contributed by atoms with Gasteiger partial charge in [0.2, 0.25) is 0 Å². The SMILES string of the molecule is C=C=C(Cc1ccccc1)Nc1ccc2n[nH]c(C3CC3[C@]3(C)C=CC=CC3)c2c1. The fourth-order valence-electron chi connectivity index (χ4n) is 4.78. The molecule has 5 rings (SSSR count). The Morgan fingerprint density at radius 1 is 1.23 bits per heavy atom. The highest BCUT2D eigenvalue weighted by Gasteiger charge is 2.50. The van der Waals surface area contributed by atoms with Crippen molar-refractivity contribution in [1.82, 2.24) is 10.2 Å². The lowest BCUT2D eigenvalue weighted by Crippen LogP contribution is -2.17. The Morgan fingerprint density at radius 2 is 2.10 bits per heavy atom. The molecule has 1 aromatic heterocycles. The van der Waals surface area contributed by atoms with Crippen molar-refractivity contribution >= 4 is 16.6 Å². The molecule has 1 saturated carbocycles. The highest BCUT2D eigenvalue weighted by Crippen LogP contribution is 2.60. The van der Waals surface area contributed by atoms with E-state index < -0.39 is 0 Å². The van der Waals surface area contributed by atoms with Gasteiger partial charge in [0.25, 0.3) is 0 Å². The van der Waals surface area contributed by atoms with Gasteiger partial charge < -0.3 is 5.32 Å². The van der Waals surface area contributed by atoms with Crippen LogP contribution in [0.25, 0.3) is 10.9 Å². The maximum Gasteiger partial charge on any atom is 0.0925 e. The van der Waals surface area contributed by atoms with E-state index in [1.165, 1.54) is 23.1 Å². The van der Waals surface area contributed by atoms with Gasteiger partial charge in [-0.2, -0.15) is 5.10 Å². The summed E-state index contributed by atoms with van der Waals surface area (Å²) < 4.78 is 0. The van der Waals surface area contributed by atoms with Crippen molar-refractivity contribution in [3.05, 3.63) is 102 Å². The van der Waals surface area contributed by atoms with E-state index in [4.69, 9.17) is 0 Å². The van der Waals surface area contributed by atoms with Crippen LogP contribution in [0.5, 0.6) is 0 Å². The summed E-state index contributed by atoms with van der Waals surface area (Å²) in [5.74, 6) is 1.21. The number of benzene rings is 2. The third-order valence-corrected chi connectivity index (χ3v) is 6.61. The molecule has 0 amide bonds. The van der Waals surface area contributed by atoms with Crippen LogP contribution in [-0.2, 0) is 6.42 Å². The number of aromatic amines is 1. The summed E-state index contributed by atoms with van der Waals surface area (Å²) >= 11 is 0. The minimum atomic E-state index is 0.251. The highest BCUT2D eigenvalue weighted by atomic mass is 15.1. The van der Waals surface area contributed by atoms with Gasteiger partial charge in [0, 0.05) is 29.1 Å². The molecule has 3 atom stereocenters. The Labute approximate surface area is 177 Å². The number of hydrogen-bond donors (Lipinski definition) is 2. The first kappa shape index (κ1) is 18.7. The highest BCUT2D eigenvalue weighted by molar-refractivity contribution is 5.86. The second-order valence-corrected chi connectivity index (χ2v) is 8.76. The van der Waals surface area contributed by atoms with E-state index in [0.29, 0.717) is 11.8 Å². The summed E-state index contributed by atoms with van der Waals surface area (Å²) in [7, 11) is 0. The van der Waals surface area contributed by atoms with Crippen molar-refractivity contribution in [2.24, 2.45) is 11.3 Å². The molecule has 0 saturated heterocycles. The summed E-state index contributed by atoms with van der Waals surface area (Å²) in [6.45, 7) is 6.26. The molecule has 0 radical (unpaired) electrons. The summed E-state index contributed by atoms with van der Waals surface area (Å²) in [6.07, 6.45) is 12.1. The molecule has 2 unspecified atom stereocenters. The van der Waals surface area contributed by atoms with Crippen LogP contribution < -0.4 is 5.32 Å². The zero-order chi connectivity index (χ0) is 20.6. The second-order valence-electron chi connectivity index (χ2n) is 8.76. The van der Waals surface area contributed by atoms with Gasteiger partial charge >= 0.3 is 0 Å². The first-order valence-corrected chi connectivity index (χ1v) is 10.7. The molecule has 2 aliphatic rings. The van der Waals surface area contributed by atoms with Crippen molar-refractivity contribution in [3.63, 3.8) is 0 Å². The predicted octanol–water partition coefficient (Wildman–Crippen LogP) is 6.51.